The monoisotopic (exact) mass is 295 g/mol. The molecule has 1 amide bonds. The molecule has 1 saturated heterocycles. The highest BCUT2D eigenvalue weighted by atomic mass is 35.5. The first-order chi connectivity index (χ1) is 9.63. The van der Waals surface area contributed by atoms with Crippen LogP contribution in [0.5, 0.6) is 0 Å². The average molecular weight is 296 g/mol. The third-order valence-corrected chi connectivity index (χ3v) is 3.68. The number of piperazine rings is 1. The molecule has 5 heteroatoms. The van der Waals surface area contributed by atoms with E-state index in [2.05, 4.69) is 22.5 Å². The van der Waals surface area contributed by atoms with E-state index in [1.807, 2.05) is 24.3 Å². The maximum absolute atomic E-state index is 11.9. The number of carbonyl (C=O) groups is 1. The zero-order chi connectivity index (χ0) is 14.4. The summed E-state index contributed by atoms with van der Waals surface area (Å²) in [6, 6.07) is 8.21. The smallest absolute Gasteiger partial charge is 0.234 e. The molecule has 1 heterocycles. The van der Waals surface area contributed by atoms with E-state index in [1.54, 1.807) is 0 Å². The topological polar surface area (TPSA) is 44.4 Å². The minimum atomic E-state index is 0.0983. The van der Waals surface area contributed by atoms with Gasteiger partial charge >= 0.3 is 0 Å². The number of nitrogens with zero attached hydrogens (tertiary/aromatic N) is 1. The molecule has 4 nitrogen and oxygen atoms in total. The second-order valence-corrected chi connectivity index (χ2v) is 5.76. The number of benzene rings is 1. The van der Waals surface area contributed by atoms with Gasteiger partial charge in [0.1, 0.15) is 0 Å². The average Bonchev–Trinajstić information content (AvgIpc) is 2.38. The predicted molar refractivity (Wildman–Crippen MR) is 82.1 cm³/mol. The van der Waals surface area contributed by atoms with Crippen molar-refractivity contribution in [1.82, 2.24) is 15.5 Å². The van der Waals surface area contributed by atoms with Crippen molar-refractivity contribution >= 4 is 17.5 Å². The van der Waals surface area contributed by atoms with Crippen LogP contribution in [0.2, 0.25) is 5.02 Å². The lowest BCUT2D eigenvalue weighted by molar-refractivity contribution is -0.122. The molecular weight excluding hydrogens is 274 g/mol. The molecule has 0 saturated carbocycles. The van der Waals surface area contributed by atoms with Gasteiger partial charge in [-0.1, -0.05) is 23.7 Å². The molecule has 20 heavy (non-hydrogen) atoms. The highest BCUT2D eigenvalue weighted by Gasteiger charge is 2.17. The van der Waals surface area contributed by atoms with Gasteiger partial charge < -0.3 is 10.6 Å². The number of amides is 1. The molecule has 0 bridgehead atoms. The van der Waals surface area contributed by atoms with Gasteiger partial charge in [-0.15, -0.1) is 0 Å². The van der Waals surface area contributed by atoms with Crippen LogP contribution in [0.3, 0.4) is 0 Å². The van der Waals surface area contributed by atoms with Gasteiger partial charge in [-0.2, -0.15) is 0 Å². The van der Waals surface area contributed by atoms with Crippen molar-refractivity contribution in [1.29, 1.82) is 0 Å². The Morgan fingerprint density at radius 1 is 1.55 bits per heavy atom. The highest BCUT2D eigenvalue weighted by molar-refractivity contribution is 6.30. The molecule has 1 aromatic rings. The Labute approximate surface area is 125 Å². The van der Waals surface area contributed by atoms with Crippen molar-refractivity contribution in [3.05, 3.63) is 34.9 Å². The zero-order valence-corrected chi connectivity index (χ0v) is 12.6. The Kier molecular flexibility index (Phi) is 5.83. The molecule has 0 aliphatic carbocycles. The van der Waals surface area contributed by atoms with Crippen LogP contribution in [0.1, 0.15) is 12.5 Å². The molecule has 1 aliphatic heterocycles. The van der Waals surface area contributed by atoms with Gasteiger partial charge in [-0.3, -0.25) is 9.69 Å². The lowest BCUT2D eigenvalue weighted by atomic mass is 10.1. The highest BCUT2D eigenvalue weighted by Crippen LogP contribution is 2.10. The van der Waals surface area contributed by atoms with E-state index in [9.17, 15) is 4.79 Å². The Morgan fingerprint density at radius 2 is 2.40 bits per heavy atom. The molecular formula is C15H22ClN3O. The van der Waals surface area contributed by atoms with Crippen molar-refractivity contribution < 1.29 is 4.79 Å². The fraction of sp³-hybridized carbons (Fsp3) is 0.533. The third kappa shape index (κ3) is 5.12. The van der Waals surface area contributed by atoms with Crippen molar-refractivity contribution in [2.45, 2.75) is 19.4 Å². The number of carbonyl (C=O) groups excluding carboxylic acids is 1. The Morgan fingerprint density at radius 3 is 3.15 bits per heavy atom. The summed E-state index contributed by atoms with van der Waals surface area (Å²) in [5.74, 6) is 0.0983. The maximum Gasteiger partial charge on any atom is 0.234 e. The van der Waals surface area contributed by atoms with Crippen LogP contribution >= 0.6 is 11.6 Å². The molecule has 0 aromatic heterocycles. The van der Waals surface area contributed by atoms with Crippen LogP contribution in [-0.4, -0.2) is 49.6 Å². The molecule has 1 atom stereocenters. The maximum atomic E-state index is 11.9. The van der Waals surface area contributed by atoms with E-state index in [-0.39, 0.29) is 5.91 Å². The Balaban J connectivity index is 1.67. The Hall–Kier alpha value is -1.10. The second kappa shape index (κ2) is 7.62. The summed E-state index contributed by atoms with van der Waals surface area (Å²) in [6.45, 7) is 6.11. The van der Waals surface area contributed by atoms with Gasteiger partial charge in [-0.25, -0.2) is 0 Å². The minimum Gasteiger partial charge on any atom is -0.355 e. The van der Waals surface area contributed by atoms with Gasteiger partial charge in [0.2, 0.25) is 5.91 Å². The SMILES string of the molecule is C[C@H]1CN(CC(=O)NCCc2cccc(Cl)c2)CCN1. The standard InChI is InChI=1S/C15H22ClN3O/c1-12-10-19(8-7-17-12)11-15(20)18-6-5-13-3-2-4-14(16)9-13/h2-4,9,12,17H,5-8,10-11H2,1H3,(H,18,20)/t12-/m0/s1. The van der Waals surface area contributed by atoms with Crippen LogP contribution in [-0.2, 0) is 11.2 Å². The van der Waals surface area contributed by atoms with Crippen LogP contribution in [0.15, 0.2) is 24.3 Å². The van der Waals surface area contributed by atoms with Crippen molar-refractivity contribution in [3.63, 3.8) is 0 Å². The van der Waals surface area contributed by atoms with Crippen LogP contribution < -0.4 is 10.6 Å². The number of hydrogen-bond acceptors (Lipinski definition) is 3. The number of hydrogen-bond donors (Lipinski definition) is 2. The lowest BCUT2D eigenvalue weighted by Crippen LogP contribution is -2.51. The summed E-state index contributed by atoms with van der Waals surface area (Å²) >= 11 is 5.93. The van der Waals surface area contributed by atoms with E-state index in [0.717, 1.165) is 36.6 Å². The molecule has 0 spiro atoms. The van der Waals surface area contributed by atoms with Crippen LogP contribution in [0.4, 0.5) is 0 Å². The fourth-order valence-corrected chi connectivity index (χ4v) is 2.67. The quantitative estimate of drug-likeness (QED) is 0.860. The summed E-state index contributed by atoms with van der Waals surface area (Å²) in [6.07, 6.45) is 0.810. The van der Waals surface area contributed by atoms with Crippen molar-refractivity contribution in [2.75, 3.05) is 32.7 Å². The molecule has 1 aromatic carbocycles. The second-order valence-electron chi connectivity index (χ2n) is 5.32. The minimum absolute atomic E-state index is 0.0983. The van der Waals surface area contributed by atoms with Crippen molar-refractivity contribution in [3.8, 4) is 0 Å². The largest absolute Gasteiger partial charge is 0.355 e. The summed E-state index contributed by atoms with van der Waals surface area (Å²) < 4.78 is 0. The number of halogens is 1. The molecule has 2 rings (SSSR count). The first-order valence-corrected chi connectivity index (χ1v) is 7.48. The van der Waals surface area contributed by atoms with Gasteiger partial charge in [0, 0.05) is 37.2 Å². The van der Waals surface area contributed by atoms with E-state index >= 15 is 0 Å². The number of nitrogens with one attached hydrogen (secondary N) is 2. The van der Waals surface area contributed by atoms with Gasteiger partial charge in [0.15, 0.2) is 0 Å². The molecule has 1 aliphatic rings. The summed E-state index contributed by atoms with van der Waals surface area (Å²) in [5, 5.41) is 7.08. The molecule has 0 unspecified atom stereocenters. The lowest BCUT2D eigenvalue weighted by Gasteiger charge is -2.31. The first-order valence-electron chi connectivity index (χ1n) is 7.10. The number of rotatable bonds is 5. The summed E-state index contributed by atoms with van der Waals surface area (Å²) in [7, 11) is 0. The van der Waals surface area contributed by atoms with E-state index in [1.165, 1.54) is 0 Å². The molecule has 1 fully saturated rings. The van der Waals surface area contributed by atoms with Crippen LogP contribution in [0, 0.1) is 0 Å². The van der Waals surface area contributed by atoms with Gasteiger partial charge in [-0.05, 0) is 31.0 Å². The molecule has 110 valence electrons. The third-order valence-electron chi connectivity index (χ3n) is 3.44. The molecule has 2 N–H and O–H groups in total. The van der Waals surface area contributed by atoms with Gasteiger partial charge in [0.05, 0.1) is 6.54 Å². The summed E-state index contributed by atoms with van der Waals surface area (Å²) in [4.78, 5) is 14.1. The van der Waals surface area contributed by atoms with E-state index in [4.69, 9.17) is 11.6 Å². The van der Waals surface area contributed by atoms with Crippen LogP contribution in [0.25, 0.3) is 0 Å². The Bertz CT molecular complexity index is 452. The fourth-order valence-electron chi connectivity index (χ4n) is 2.45. The molecule has 0 radical (unpaired) electrons. The van der Waals surface area contributed by atoms with E-state index < -0.39 is 0 Å². The first kappa shape index (κ1) is 15.3. The zero-order valence-electron chi connectivity index (χ0n) is 11.9. The normalized spacial score (nSPS) is 19.8. The summed E-state index contributed by atoms with van der Waals surface area (Å²) in [5.41, 5.74) is 1.15. The van der Waals surface area contributed by atoms with Crippen molar-refractivity contribution in [2.24, 2.45) is 0 Å². The predicted octanol–water partition coefficient (Wildman–Crippen LogP) is 1.29. The van der Waals surface area contributed by atoms with Gasteiger partial charge in [0.25, 0.3) is 0 Å². The van der Waals surface area contributed by atoms with E-state index in [0.29, 0.717) is 19.1 Å².